The van der Waals surface area contributed by atoms with Crippen molar-refractivity contribution in [2.45, 2.75) is 0 Å². The van der Waals surface area contributed by atoms with Crippen LogP contribution in [0.1, 0.15) is 0 Å². The van der Waals surface area contributed by atoms with Crippen molar-refractivity contribution >= 4 is 29.4 Å². The van der Waals surface area contributed by atoms with Gasteiger partial charge in [-0.25, -0.2) is 0 Å². The maximum atomic E-state index is 4.98. The van der Waals surface area contributed by atoms with E-state index in [1.54, 1.807) is 0 Å². The molecule has 3 heteroatoms. The molecule has 0 aliphatic heterocycles. The van der Waals surface area contributed by atoms with Crippen molar-refractivity contribution in [3.05, 3.63) is 0 Å². The highest BCUT2D eigenvalue weighted by molar-refractivity contribution is 7.78. The van der Waals surface area contributed by atoms with Gasteiger partial charge >= 0.3 is 0 Å². The van der Waals surface area contributed by atoms with Crippen molar-refractivity contribution < 1.29 is 4.74 Å². The van der Waals surface area contributed by atoms with Crippen molar-refractivity contribution in [3.63, 3.8) is 0 Å². The van der Waals surface area contributed by atoms with Crippen LogP contribution in [0, 0.1) is 0 Å². The summed E-state index contributed by atoms with van der Waals surface area (Å²) in [5.41, 5.74) is 1.13. The van der Waals surface area contributed by atoms with Gasteiger partial charge in [0.05, 0.1) is 0 Å². The van der Waals surface area contributed by atoms with Crippen LogP contribution in [-0.2, 0) is 4.74 Å². The summed E-state index contributed by atoms with van der Waals surface area (Å²) in [5, 5.41) is 0. The monoisotopic (exact) mass is 110 g/mol. The van der Waals surface area contributed by atoms with Crippen LogP contribution < -0.4 is 0 Å². The van der Waals surface area contributed by atoms with Gasteiger partial charge in [0.25, 0.3) is 0 Å². The molecule has 0 fully saturated rings. The minimum absolute atomic E-state index is 0.156. The Hall–Kier alpha value is 0.180. The molecule has 0 amide bonds. The molecule has 1 nitrogen and oxygen atoms in total. The summed E-state index contributed by atoms with van der Waals surface area (Å²) in [6, 6.07) is 0.156. The van der Waals surface area contributed by atoms with Crippen LogP contribution in [0.5, 0.6) is 0 Å². The summed E-state index contributed by atoms with van der Waals surface area (Å²) < 4.78 is 4.29. The molecule has 0 aliphatic carbocycles. The minimum atomic E-state index is 0.156. The minimum Gasteiger partial charge on any atom is -0.474 e. The Kier molecular flexibility index (Phi) is 4.33. The molecule has 0 aromatic rings. The van der Waals surface area contributed by atoms with Gasteiger partial charge in [0.15, 0.2) is 6.07 Å². The van der Waals surface area contributed by atoms with Crippen molar-refractivity contribution in [3.8, 4) is 0 Å². The topological polar surface area (TPSA) is 9.23 Å². The lowest BCUT2D eigenvalue weighted by Crippen LogP contribution is -1.75. The van der Waals surface area contributed by atoms with Crippen LogP contribution in [-0.4, -0.2) is 11.6 Å². The van der Waals surface area contributed by atoms with E-state index in [1.807, 2.05) is 0 Å². The van der Waals surface area contributed by atoms with Crippen LogP contribution in [0.15, 0.2) is 0 Å². The normalized spacial score (nSPS) is 6.60. The third-order valence-corrected chi connectivity index (χ3v) is 0.393. The molecular formula is C2H3ClOS. The maximum absolute atomic E-state index is 4.98. The molecule has 0 rings (SSSR count). The predicted molar refractivity (Wildman–Crippen MR) is 25.5 cm³/mol. The highest BCUT2D eigenvalue weighted by Gasteiger charge is 1.60. The molecule has 0 N–H and O–H groups in total. The molecule has 0 aromatic heterocycles. The third-order valence-electron chi connectivity index (χ3n) is 0.131. The fraction of sp³-hybridized carbons (Fsp3) is 0.500. The lowest BCUT2D eigenvalue weighted by molar-refractivity contribution is 0.403. The van der Waals surface area contributed by atoms with Crippen LogP contribution >= 0.6 is 23.8 Å². The first-order valence-corrected chi connectivity index (χ1v) is 2.03. The Morgan fingerprint density at radius 3 is 2.60 bits per heavy atom. The standard InChI is InChI=1S/C2H3ClOS/c3-1-4-2-5/h2H,1H2. The average Bonchev–Trinajstić information content (AvgIpc) is 1.41. The van der Waals surface area contributed by atoms with E-state index in [2.05, 4.69) is 17.0 Å². The molecule has 0 aromatic carbocycles. The summed E-state index contributed by atoms with van der Waals surface area (Å²) in [6.45, 7) is 0. The Balaban J connectivity index is 2.40. The predicted octanol–water partition coefficient (Wildman–Crippen LogP) is 1.16. The van der Waals surface area contributed by atoms with Crippen LogP contribution in [0.2, 0.25) is 0 Å². The molecule has 5 heavy (non-hydrogen) atoms. The van der Waals surface area contributed by atoms with E-state index < -0.39 is 0 Å². The Bertz CT molecular complexity index is 30.8. The number of hydrogen-bond acceptors (Lipinski definition) is 2. The zero-order valence-electron chi connectivity index (χ0n) is 2.48. The summed E-state index contributed by atoms with van der Waals surface area (Å²) in [4.78, 5) is 0. The zero-order valence-corrected chi connectivity index (χ0v) is 4.05. The van der Waals surface area contributed by atoms with Crippen LogP contribution in [0.3, 0.4) is 0 Å². The lowest BCUT2D eigenvalue weighted by atomic mass is 11.5. The zero-order chi connectivity index (χ0) is 4.12. The second-order valence-electron chi connectivity index (χ2n) is 0.372. The van der Waals surface area contributed by atoms with Crippen molar-refractivity contribution in [2.24, 2.45) is 0 Å². The van der Waals surface area contributed by atoms with Crippen LogP contribution in [0.4, 0.5) is 0 Å². The van der Waals surface area contributed by atoms with E-state index in [0.29, 0.717) is 0 Å². The first-order chi connectivity index (χ1) is 2.41. The second kappa shape index (κ2) is 4.18. The Labute approximate surface area is 40.9 Å². The number of halogens is 1. The van der Waals surface area contributed by atoms with Gasteiger partial charge < -0.3 is 4.74 Å². The highest BCUT2D eigenvalue weighted by Crippen LogP contribution is 1.70. The lowest BCUT2D eigenvalue weighted by Gasteiger charge is -1.80. The molecule has 0 atom stereocenters. The Morgan fingerprint density at radius 1 is 2.00 bits per heavy atom. The summed E-state index contributed by atoms with van der Waals surface area (Å²) in [5.74, 6) is 0. The molecule has 0 bridgehead atoms. The fourth-order valence-corrected chi connectivity index (χ4v) is 0.231. The third kappa shape index (κ3) is 4.18. The van der Waals surface area contributed by atoms with Crippen molar-refractivity contribution in [2.75, 3.05) is 6.07 Å². The number of hydrogen-bond donors (Lipinski definition) is 0. The largest absolute Gasteiger partial charge is 0.474 e. The molecule has 0 spiro atoms. The van der Waals surface area contributed by atoms with E-state index in [9.17, 15) is 0 Å². The number of rotatable bonds is 2. The fourth-order valence-electron chi connectivity index (χ4n) is 0.0257. The van der Waals surface area contributed by atoms with Gasteiger partial charge in [-0.15, -0.1) is 0 Å². The summed E-state index contributed by atoms with van der Waals surface area (Å²) in [6.07, 6.45) is 0. The van der Waals surface area contributed by atoms with Gasteiger partial charge in [-0.3, -0.25) is 0 Å². The second-order valence-corrected chi connectivity index (χ2v) is 0.783. The molecule has 0 heterocycles. The summed E-state index contributed by atoms with van der Waals surface area (Å²) >= 11 is 9.20. The first-order valence-electron chi connectivity index (χ1n) is 1.03. The van der Waals surface area contributed by atoms with Crippen LogP contribution in [0.25, 0.3) is 0 Å². The molecule has 0 aliphatic rings. The van der Waals surface area contributed by atoms with Gasteiger partial charge in [-0.05, 0) is 12.2 Å². The van der Waals surface area contributed by atoms with E-state index in [-0.39, 0.29) is 6.07 Å². The van der Waals surface area contributed by atoms with Gasteiger partial charge in [0, 0.05) is 0 Å². The van der Waals surface area contributed by atoms with Gasteiger partial charge in [0.2, 0.25) is 0 Å². The Morgan fingerprint density at radius 2 is 2.60 bits per heavy atom. The smallest absolute Gasteiger partial charge is 0.162 e. The van der Waals surface area contributed by atoms with E-state index in [0.717, 1.165) is 5.55 Å². The average molecular weight is 111 g/mol. The van der Waals surface area contributed by atoms with Gasteiger partial charge in [-0.1, -0.05) is 11.6 Å². The van der Waals surface area contributed by atoms with Gasteiger partial charge in [-0.2, -0.15) is 0 Å². The van der Waals surface area contributed by atoms with E-state index in [4.69, 9.17) is 11.6 Å². The number of thiocarbonyl (C=S) groups is 1. The van der Waals surface area contributed by atoms with E-state index in [1.165, 1.54) is 0 Å². The van der Waals surface area contributed by atoms with Crippen molar-refractivity contribution in [1.82, 2.24) is 0 Å². The summed E-state index contributed by atoms with van der Waals surface area (Å²) in [7, 11) is 0. The molecule has 30 valence electrons. The quantitative estimate of drug-likeness (QED) is 0.390. The number of ether oxygens (including phenoxy) is 1. The van der Waals surface area contributed by atoms with Gasteiger partial charge in [0.1, 0.15) is 5.55 Å². The molecule has 0 saturated carbocycles. The highest BCUT2D eigenvalue weighted by atomic mass is 35.5. The molecule has 0 saturated heterocycles. The first kappa shape index (κ1) is 5.18. The molecule has 0 unspecified atom stereocenters. The van der Waals surface area contributed by atoms with E-state index >= 15 is 0 Å². The molecule has 0 radical (unpaired) electrons. The SMILES string of the molecule is S=COCCl. The maximum Gasteiger partial charge on any atom is 0.162 e. The van der Waals surface area contributed by atoms with Crippen molar-refractivity contribution in [1.29, 1.82) is 0 Å². The number of alkyl halides is 1. The molecular weight excluding hydrogens is 108 g/mol.